The number of quaternary nitrogens is 1. The van der Waals surface area contributed by atoms with Gasteiger partial charge in [0.05, 0.1) is 44.3 Å². The van der Waals surface area contributed by atoms with Gasteiger partial charge in [-0.05, 0) is 37.8 Å². The predicted octanol–water partition coefficient (Wildman–Crippen LogP) is 10.0. The van der Waals surface area contributed by atoms with E-state index in [9.17, 15) is 4.79 Å². The van der Waals surface area contributed by atoms with E-state index in [0.29, 0.717) is 0 Å². The lowest BCUT2D eigenvalue weighted by Gasteiger charge is -2.30. The Labute approximate surface area is 232 Å². The third-order valence-corrected chi connectivity index (χ3v) is 7.32. The molecule has 0 aliphatic heterocycles. The molecule has 0 saturated heterocycles. The highest BCUT2D eigenvalue weighted by Gasteiger charge is 2.18. The maximum Gasteiger partial charge on any atom is 0.341 e. The number of unbranched alkanes of at least 4 members (excludes halogenated alkanes) is 14. The molecule has 0 fully saturated rings. The molecule has 210 valence electrons. The first-order chi connectivity index (χ1) is 17.2. The molecule has 0 spiro atoms. The van der Waals surface area contributed by atoms with Gasteiger partial charge in [0.25, 0.3) is 0 Å². The van der Waals surface area contributed by atoms with Gasteiger partial charge in [-0.1, -0.05) is 114 Å². The van der Waals surface area contributed by atoms with Crippen LogP contribution < -0.4 is 4.74 Å². The Balaban J connectivity index is 0.000000790. The average molecular weight is 548 g/mol. The normalized spacial score (nSPS) is 11.2. The van der Waals surface area contributed by atoms with Crippen LogP contribution in [0.2, 0.25) is 10.0 Å². The van der Waals surface area contributed by atoms with Crippen molar-refractivity contribution in [3.8, 4) is 5.75 Å². The first-order valence-corrected chi connectivity index (χ1v) is 15.0. The molecule has 1 N–H and O–H groups in total. The van der Waals surface area contributed by atoms with Crippen molar-refractivity contribution >= 4 is 29.2 Å². The zero-order valence-corrected chi connectivity index (χ0v) is 25.4. The molecule has 1 aromatic rings. The van der Waals surface area contributed by atoms with Crippen molar-refractivity contribution in [1.29, 1.82) is 0 Å². The van der Waals surface area contributed by atoms with Crippen molar-refractivity contribution in [2.24, 2.45) is 0 Å². The molecular weight excluding hydrogens is 493 g/mol. The lowest BCUT2D eigenvalue weighted by molar-refractivity contribution is -0.890. The highest BCUT2D eigenvalue weighted by molar-refractivity contribution is 6.36. The second-order valence-corrected chi connectivity index (χ2v) is 11.4. The maximum absolute atomic E-state index is 10.7. The molecule has 0 aliphatic carbocycles. The monoisotopic (exact) mass is 546 g/mol. The molecule has 0 unspecified atom stereocenters. The minimum Gasteiger partial charge on any atom is -0.494 e. The highest BCUT2D eigenvalue weighted by Crippen LogP contribution is 2.33. The fourth-order valence-corrected chi connectivity index (χ4v) is 4.86. The SMILES string of the molecule is CCCCCCCCCC[N+](C)(C)CCCCCCCCCC.COc1c(Cl)ccc(Cl)c1C(=O)O. The quantitative estimate of drug-likeness (QED) is 0.130. The number of ether oxygens (including phenoxy) is 1. The van der Waals surface area contributed by atoms with Gasteiger partial charge in [-0.3, -0.25) is 0 Å². The summed E-state index contributed by atoms with van der Waals surface area (Å²) in [6.07, 6.45) is 23.0. The van der Waals surface area contributed by atoms with Crippen LogP contribution in [0.25, 0.3) is 0 Å². The number of carboxylic acids is 1. The minimum atomic E-state index is -1.16. The summed E-state index contributed by atoms with van der Waals surface area (Å²) >= 11 is 11.4. The number of carbonyl (C=O) groups is 1. The second kappa shape index (κ2) is 22.1. The molecule has 0 aromatic heterocycles. The van der Waals surface area contributed by atoms with E-state index < -0.39 is 5.97 Å². The van der Waals surface area contributed by atoms with Gasteiger partial charge in [0.15, 0.2) is 5.75 Å². The van der Waals surface area contributed by atoms with Crippen molar-refractivity contribution in [3.63, 3.8) is 0 Å². The van der Waals surface area contributed by atoms with E-state index in [0.717, 1.165) is 0 Å². The average Bonchev–Trinajstić information content (AvgIpc) is 2.83. The van der Waals surface area contributed by atoms with E-state index in [2.05, 4.69) is 27.9 Å². The van der Waals surface area contributed by atoms with E-state index in [4.69, 9.17) is 33.0 Å². The Morgan fingerprint density at radius 2 is 1.08 bits per heavy atom. The van der Waals surface area contributed by atoms with Crippen molar-refractivity contribution < 1.29 is 19.1 Å². The lowest BCUT2D eigenvalue weighted by Crippen LogP contribution is -2.41. The molecule has 0 radical (unpaired) electrons. The number of methoxy groups -OCH3 is 1. The molecule has 1 rings (SSSR count). The Kier molecular flexibility index (Phi) is 21.5. The molecule has 36 heavy (non-hydrogen) atoms. The van der Waals surface area contributed by atoms with Gasteiger partial charge in [0.2, 0.25) is 0 Å². The third kappa shape index (κ3) is 17.5. The summed E-state index contributed by atoms with van der Waals surface area (Å²) in [4.78, 5) is 10.7. The third-order valence-electron chi connectivity index (χ3n) is 6.71. The largest absolute Gasteiger partial charge is 0.494 e. The summed E-state index contributed by atoms with van der Waals surface area (Å²) in [7, 11) is 6.20. The number of hydrogen-bond donors (Lipinski definition) is 1. The Bertz CT molecular complexity index is 673. The standard InChI is InChI=1S/C22H48N.C8H6Cl2O3/c1-5-7-9-11-13-15-17-19-21-23(3,4)22-20-18-16-14-12-10-8-6-2;1-13-7-5(10)3-2-4(9)6(7)8(11)12/h5-22H2,1-4H3;2-3H,1H3,(H,11,12)/q+1;. The van der Waals surface area contributed by atoms with Crippen molar-refractivity contribution in [2.75, 3.05) is 34.3 Å². The second-order valence-electron chi connectivity index (χ2n) is 10.6. The van der Waals surface area contributed by atoms with Crippen LogP contribution in [0, 0.1) is 0 Å². The van der Waals surface area contributed by atoms with Crippen LogP contribution in [0.15, 0.2) is 12.1 Å². The molecule has 0 atom stereocenters. The Morgan fingerprint density at radius 3 is 1.42 bits per heavy atom. The summed E-state index contributed by atoms with van der Waals surface area (Å²) in [5.74, 6) is -1.08. The highest BCUT2D eigenvalue weighted by atomic mass is 35.5. The number of carboxylic acid groups (broad SMARTS) is 1. The predicted molar refractivity (Wildman–Crippen MR) is 157 cm³/mol. The lowest BCUT2D eigenvalue weighted by atomic mass is 10.1. The van der Waals surface area contributed by atoms with Crippen LogP contribution in [0.5, 0.6) is 5.75 Å². The fraction of sp³-hybridized carbons (Fsp3) is 0.767. The molecule has 0 amide bonds. The van der Waals surface area contributed by atoms with E-state index >= 15 is 0 Å². The number of nitrogens with zero attached hydrogens (tertiary/aromatic N) is 1. The Hall–Kier alpha value is -0.970. The van der Waals surface area contributed by atoms with Gasteiger partial charge >= 0.3 is 5.97 Å². The summed E-state index contributed by atoms with van der Waals surface area (Å²) in [5.41, 5.74) is -0.114. The minimum absolute atomic E-state index is 0.0849. The molecule has 0 saturated carbocycles. The van der Waals surface area contributed by atoms with Gasteiger partial charge in [0, 0.05) is 0 Å². The van der Waals surface area contributed by atoms with E-state index in [-0.39, 0.29) is 21.4 Å². The van der Waals surface area contributed by atoms with Crippen LogP contribution in [0.4, 0.5) is 0 Å². The van der Waals surface area contributed by atoms with Crippen LogP contribution in [0.3, 0.4) is 0 Å². The summed E-state index contributed by atoms with van der Waals surface area (Å²) in [6, 6.07) is 2.89. The van der Waals surface area contributed by atoms with Gasteiger partial charge in [0.1, 0.15) is 5.56 Å². The van der Waals surface area contributed by atoms with Gasteiger partial charge < -0.3 is 14.3 Å². The van der Waals surface area contributed by atoms with Crippen molar-refractivity contribution in [3.05, 3.63) is 27.7 Å². The summed E-state index contributed by atoms with van der Waals surface area (Å²) in [6.45, 7) is 7.36. The van der Waals surface area contributed by atoms with E-state index in [1.54, 1.807) is 0 Å². The summed E-state index contributed by atoms with van der Waals surface area (Å²) < 4.78 is 6.06. The van der Waals surface area contributed by atoms with E-state index in [1.807, 2.05) is 0 Å². The first kappa shape index (κ1) is 35.0. The molecule has 0 heterocycles. The van der Waals surface area contributed by atoms with Crippen LogP contribution in [0.1, 0.15) is 127 Å². The van der Waals surface area contributed by atoms with Crippen LogP contribution in [-0.2, 0) is 0 Å². The maximum atomic E-state index is 10.7. The number of benzene rings is 1. The molecule has 4 nitrogen and oxygen atoms in total. The zero-order chi connectivity index (χ0) is 27.2. The molecule has 0 aliphatic rings. The van der Waals surface area contributed by atoms with Crippen LogP contribution in [-0.4, -0.2) is 49.9 Å². The molecule has 6 heteroatoms. The summed E-state index contributed by atoms with van der Waals surface area (Å²) in [5, 5.41) is 9.11. The number of hydrogen-bond acceptors (Lipinski definition) is 2. The van der Waals surface area contributed by atoms with Crippen molar-refractivity contribution in [1.82, 2.24) is 0 Å². The van der Waals surface area contributed by atoms with Crippen molar-refractivity contribution in [2.45, 2.75) is 117 Å². The zero-order valence-electron chi connectivity index (χ0n) is 23.8. The van der Waals surface area contributed by atoms with Gasteiger partial charge in [-0.25, -0.2) is 4.79 Å². The smallest absolute Gasteiger partial charge is 0.341 e. The first-order valence-electron chi connectivity index (χ1n) is 14.3. The van der Waals surface area contributed by atoms with Gasteiger partial charge in [-0.2, -0.15) is 0 Å². The number of halogens is 2. The van der Waals surface area contributed by atoms with E-state index in [1.165, 1.54) is 140 Å². The molecule has 0 bridgehead atoms. The van der Waals surface area contributed by atoms with Crippen LogP contribution >= 0.6 is 23.2 Å². The Morgan fingerprint density at radius 1 is 0.722 bits per heavy atom. The topological polar surface area (TPSA) is 46.5 Å². The molecular formula is C30H54Cl2NO3+. The number of aromatic carboxylic acids is 1. The fourth-order valence-electron chi connectivity index (χ4n) is 4.39. The molecule has 1 aromatic carbocycles. The van der Waals surface area contributed by atoms with Gasteiger partial charge in [-0.15, -0.1) is 0 Å². The number of rotatable bonds is 20.